The van der Waals surface area contributed by atoms with Crippen molar-refractivity contribution in [3.05, 3.63) is 0 Å². The maximum atomic E-state index is 12.1. The van der Waals surface area contributed by atoms with E-state index in [0.717, 1.165) is 19.3 Å². The highest BCUT2D eigenvalue weighted by Crippen LogP contribution is 2.27. The van der Waals surface area contributed by atoms with Crippen LogP contribution in [0.15, 0.2) is 0 Å². The van der Waals surface area contributed by atoms with Crippen molar-refractivity contribution in [2.45, 2.75) is 58.1 Å². The fraction of sp³-hybridized carbons (Fsp3) is 0.923. The molecule has 0 bridgehead atoms. The summed E-state index contributed by atoms with van der Waals surface area (Å²) in [5.41, 5.74) is 0. The van der Waals surface area contributed by atoms with Gasteiger partial charge in [0.25, 0.3) is 0 Å². The molecule has 4 unspecified atom stereocenters. The van der Waals surface area contributed by atoms with Crippen LogP contribution in [0.25, 0.3) is 0 Å². The van der Waals surface area contributed by atoms with Gasteiger partial charge in [0.05, 0.1) is 5.75 Å². The molecule has 1 fully saturated rings. The highest BCUT2D eigenvalue weighted by Gasteiger charge is 2.26. The highest BCUT2D eigenvalue weighted by atomic mass is 32.2. The lowest BCUT2D eigenvalue weighted by Gasteiger charge is -2.26. The molecule has 0 saturated heterocycles. The first-order chi connectivity index (χ1) is 7.54. The molecule has 0 aromatic carbocycles. The lowest BCUT2D eigenvalue weighted by Crippen LogP contribution is -2.29. The SMILES string of the molecule is CCC(C)C(=O)CS(=O)C1CCCC(C)C1. The first kappa shape index (κ1) is 13.9. The molecule has 0 N–H and O–H groups in total. The second-order valence-corrected chi connectivity index (χ2v) is 6.91. The molecule has 0 radical (unpaired) electrons. The molecule has 1 rings (SSSR count). The first-order valence-corrected chi connectivity index (χ1v) is 7.82. The van der Waals surface area contributed by atoms with E-state index >= 15 is 0 Å². The van der Waals surface area contributed by atoms with Crippen LogP contribution in [0.5, 0.6) is 0 Å². The van der Waals surface area contributed by atoms with Crippen LogP contribution >= 0.6 is 0 Å². The van der Waals surface area contributed by atoms with Gasteiger partial charge in [-0.25, -0.2) is 0 Å². The zero-order valence-electron chi connectivity index (χ0n) is 10.7. The lowest BCUT2D eigenvalue weighted by molar-refractivity contribution is -0.119. The minimum atomic E-state index is -0.929. The third kappa shape index (κ3) is 4.00. The third-order valence-corrected chi connectivity index (χ3v) is 5.45. The largest absolute Gasteiger partial charge is 0.298 e. The number of carbonyl (C=O) groups excluding carboxylic acids is 1. The maximum Gasteiger partial charge on any atom is 0.148 e. The fourth-order valence-electron chi connectivity index (χ4n) is 2.25. The topological polar surface area (TPSA) is 34.1 Å². The molecule has 3 heteroatoms. The quantitative estimate of drug-likeness (QED) is 0.745. The Kier molecular flexibility index (Phi) is 5.67. The van der Waals surface area contributed by atoms with Crippen LogP contribution in [0.1, 0.15) is 52.9 Å². The second-order valence-electron chi connectivity index (χ2n) is 5.19. The fourth-order valence-corrected chi connectivity index (χ4v) is 4.02. The standard InChI is InChI=1S/C13H24O2S/c1-4-11(3)13(14)9-16(15)12-7-5-6-10(2)8-12/h10-12H,4-9H2,1-3H3. The van der Waals surface area contributed by atoms with Crippen LogP contribution in [-0.2, 0) is 15.6 Å². The average Bonchev–Trinajstić information content (AvgIpc) is 2.27. The molecule has 0 heterocycles. The van der Waals surface area contributed by atoms with E-state index in [-0.39, 0.29) is 22.7 Å². The summed E-state index contributed by atoms with van der Waals surface area (Å²) in [4.78, 5) is 11.7. The summed E-state index contributed by atoms with van der Waals surface area (Å²) < 4.78 is 12.1. The Morgan fingerprint density at radius 3 is 2.69 bits per heavy atom. The summed E-state index contributed by atoms with van der Waals surface area (Å²) in [6.45, 7) is 6.16. The summed E-state index contributed by atoms with van der Waals surface area (Å²) in [5, 5.41) is 0.275. The zero-order valence-corrected chi connectivity index (χ0v) is 11.5. The third-order valence-electron chi connectivity index (χ3n) is 3.71. The Balaban J connectivity index is 2.42. The van der Waals surface area contributed by atoms with E-state index in [1.165, 1.54) is 12.8 Å². The molecule has 0 amide bonds. The molecule has 0 spiro atoms. The van der Waals surface area contributed by atoms with Gasteiger partial charge in [0.15, 0.2) is 0 Å². The summed E-state index contributed by atoms with van der Waals surface area (Å²) >= 11 is 0. The predicted molar refractivity (Wildman–Crippen MR) is 68.9 cm³/mol. The Hall–Kier alpha value is -0.180. The smallest absolute Gasteiger partial charge is 0.148 e. The van der Waals surface area contributed by atoms with E-state index in [1.807, 2.05) is 13.8 Å². The number of ketones is 1. The lowest BCUT2D eigenvalue weighted by atomic mass is 9.91. The molecule has 1 aliphatic carbocycles. The predicted octanol–water partition coefficient (Wildman–Crippen LogP) is 2.93. The summed E-state index contributed by atoms with van der Waals surface area (Å²) in [6.07, 6.45) is 5.38. The first-order valence-electron chi connectivity index (χ1n) is 6.44. The van der Waals surface area contributed by atoms with Crippen LogP contribution in [0.3, 0.4) is 0 Å². The zero-order chi connectivity index (χ0) is 12.1. The van der Waals surface area contributed by atoms with Gasteiger partial charge in [0.2, 0.25) is 0 Å². The molecule has 1 saturated carbocycles. The van der Waals surface area contributed by atoms with Gasteiger partial charge in [-0.1, -0.05) is 33.6 Å². The van der Waals surface area contributed by atoms with Crippen LogP contribution in [0.2, 0.25) is 0 Å². The van der Waals surface area contributed by atoms with Gasteiger partial charge in [-0.15, -0.1) is 0 Å². The Morgan fingerprint density at radius 2 is 2.12 bits per heavy atom. The number of hydrogen-bond acceptors (Lipinski definition) is 2. The maximum absolute atomic E-state index is 12.1. The minimum Gasteiger partial charge on any atom is -0.298 e. The van der Waals surface area contributed by atoms with Gasteiger partial charge in [-0.05, 0) is 25.2 Å². The number of hydrogen-bond donors (Lipinski definition) is 0. The molecule has 4 atom stereocenters. The van der Waals surface area contributed by atoms with Gasteiger partial charge in [0, 0.05) is 22.0 Å². The Bertz CT molecular complexity index is 263. The van der Waals surface area contributed by atoms with Crippen LogP contribution in [0, 0.1) is 11.8 Å². The van der Waals surface area contributed by atoms with E-state index in [1.54, 1.807) is 0 Å². The minimum absolute atomic E-state index is 0.0740. The van der Waals surface area contributed by atoms with Crippen molar-refractivity contribution in [3.8, 4) is 0 Å². The molecular weight excluding hydrogens is 220 g/mol. The number of Topliss-reactive ketones (excluding diaryl/α,β-unsaturated/α-hetero) is 1. The highest BCUT2D eigenvalue weighted by molar-refractivity contribution is 7.86. The molecule has 0 aromatic heterocycles. The molecule has 0 aliphatic heterocycles. The van der Waals surface area contributed by atoms with Gasteiger partial charge in [-0.2, -0.15) is 0 Å². The van der Waals surface area contributed by atoms with Crippen molar-refractivity contribution >= 4 is 16.6 Å². The molecular formula is C13H24O2S. The van der Waals surface area contributed by atoms with Crippen LogP contribution < -0.4 is 0 Å². The van der Waals surface area contributed by atoms with Crippen molar-refractivity contribution < 1.29 is 9.00 Å². The van der Waals surface area contributed by atoms with Gasteiger partial charge < -0.3 is 0 Å². The number of carbonyl (C=O) groups is 1. The summed E-state index contributed by atoms with van der Waals surface area (Å²) in [6, 6.07) is 0. The normalized spacial score (nSPS) is 29.7. The van der Waals surface area contributed by atoms with E-state index in [9.17, 15) is 9.00 Å². The van der Waals surface area contributed by atoms with Crippen molar-refractivity contribution in [1.29, 1.82) is 0 Å². The Morgan fingerprint density at radius 1 is 1.44 bits per heavy atom. The van der Waals surface area contributed by atoms with Crippen molar-refractivity contribution in [2.75, 3.05) is 5.75 Å². The molecule has 2 nitrogen and oxygen atoms in total. The van der Waals surface area contributed by atoms with E-state index in [4.69, 9.17) is 0 Å². The van der Waals surface area contributed by atoms with E-state index in [2.05, 4.69) is 6.92 Å². The average molecular weight is 244 g/mol. The Labute approximate surface area is 102 Å². The summed E-state index contributed by atoms with van der Waals surface area (Å²) in [5.74, 6) is 1.22. The monoisotopic (exact) mass is 244 g/mol. The van der Waals surface area contributed by atoms with Crippen molar-refractivity contribution in [1.82, 2.24) is 0 Å². The van der Waals surface area contributed by atoms with Crippen LogP contribution in [-0.4, -0.2) is 21.0 Å². The van der Waals surface area contributed by atoms with E-state index < -0.39 is 10.8 Å². The van der Waals surface area contributed by atoms with E-state index in [0.29, 0.717) is 5.92 Å². The second kappa shape index (κ2) is 6.53. The summed E-state index contributed by atoms with van der Waals surface area (Å²) in [7, 11) is -0.929. The van der Waals surface area contributed by atoms with Gasteiger partial charge in [0.1, 0.15) is 5.78 Å². The van der Waals surface area contributed by atoms with Crippen molar-refractivity contribution in [3.63, 3.8) is 0 Å². The van der Waals surface area contributed by atoms with Gasteiger partial charge >= 0.3 is 0 Å². The molecule has 16 heavy (non-hydrogen) atoms. The van der Waals surface area contributed by atoms with Crippen LogP contribution in [0.4, 0.5) is 0 Å². The number of rotatable bonds is 5. The molecule has 94 valence electrons. The van der Waals surface area contributed by atoms with Crippen molar-refractivity contribution in [2.24, 2.45) is 11.8 Å². The van der Waals surface area contributed by atoms with Gasteiger partial charge in [-0.3, -0.25) is 9.00 Å². The molecule has 1 aliphatic rings. The molecule has 0 aromatic rings.